The van der Waals surface area contributed by atoms with Gasteiger partial charge in [0.15, 0.2) is 0 Å². The van der Waals surface area contributed by atoms with Gasteiger partial charge in [-0.1, -0.05) is 42.0 Å². The predicted molar refractivity (Wildman–Crippen MR) is 125 cm³/mol. The van der Waals surface area contributed by atoms with Crippen molar-refractivity contribution in [3.63, 3.8) is 0 Å². The van der Waals surface area contributed by atoms with Crippen LogP contribution in [0.3, 0.4) is 0 Å². The lowest BCUT2D eigenvalue weighted by Crippen LogP contribution is -2.48. The minimum atomic E-state index is -3.70. The monoisotopic (exact) mass is 423 g/mol. The average molecular weight is 424 g/mol. The van der Waals surface area contributed by atoms with Gasteiger partial charge in [0.2, 0.25) is 0 Å². The van der Waals surface area contributed by atoms with E-state index in [1.165, 1.54) is 0 Å². The van der Waals surface area contributed by atoms with E-state index in [1.54, 1.807) is 18.2 Å². The second-order valence-corrected chi connectivity index (χ2v) is 9.87. The van der Waals surface area contributed by atoms with Crippen molar-refractivity contribution in [1.29, 1.82) is 0 Å². The number of piperazine rings is 1. The second-order valence-electron chi connectivity index (χ2n) is 8.22. The summed E-state index contributed by atoms with van der Waals surface area (Å²) in [7, 11) is -3.70. The Bertz CT molecular complexity index is 1130. The molecule has 1 saturated heterocycles. The molecule has 1 aliphatic heterocycles. The van der Waals surface area contributed by atoms with E-state index >= 15 is 0 Å². The van der Waals surface area contributed by atoms with E-state index in [2.05, 4.69) is 28.4 Å². The molecule has 0 saturated carbocycles. The third-order valence-corrected chi connectivity index (χ3v) is 7.28. The zero-order valence-corrected chi connectivity index (χ0v) is 18.6. The molecule has 0 aromatic heterocycles. The van der Waals surface area contributed by atoms with Crippen LogP contribution in [0.15, 0.2) is 65.6 Å². The summed E-state index contributed by atoms with van der Waals surface area (Å²) >= 11 is 0. The standard InChI is InChI=1S/C24H29N3O2S/c1-18(2)26-14-16-27(17-15-26)23-12-13-24(22-7-5-4-6-21(22)23)30(28,29)25-20-10-8-19(3)9-11-20/h4-13,18,25H,14-17H2,1-3H3. The lowest BCUT2D eigenvalue weighted by Gasteiger charge is -2.38. The average Bonchev–Trinajstić information content (AvgIpc) is 2.74. The van der Waals surface area contributed by atoms with Crippen LogP contribution < -0.4 is 9.62 Å². The van der Waals surface area contributed by atoms with Crippen LogP contribution in [0.5, 0.6) is 0 Å². The van der Waals surface area contributed by atoms with Crippen molar-refractivity contribution in [3.8, 4) is 0 Å². The summed E-state index contributed by atoms with van der Waals surface area (Å²) in [5.74, 6) is 0. The van der Waals surface area contributed by atoms with E-state index in [9.17, 15) is 8.42 Å². The van der Waals surface area contributed by atoms with Crippen LogP contribution in [0.1, 0.15) is 19.4 Å². The van der Waals surface area contributed by atoms with Crippen LogP contribution in [-0.4, -0.2) is 45.5 Å². The molecular weight excluding hydrogens is 394 g/mol. The first kappa shape index (κ1) is 20.7. The highest BCUT2D eigenvalue weighted by atomic mass is 32.2. The number of aryl methyl sites for hydroxylation is 1. The fourth-order valence-electron chi connectivity index (χ4n) is 4.08. The van der Waals surface area contributed by atoms with Gasteiger partial charge in [-0.25, -0.2) is 8.42 Å². The lowest BCUT2D eigenvalue weighted by atomic mass is 10.1. The topological polar surface area (TPSA) is 52.7 Å². The maximum absolute atomic E-state index is 13.2. The van der Waals surface area contributed by atoms with Gasteiger partial charge in [-0.2, -0.15) is 0 Å². The first-order chi connectivity index (χ1) is 14.3. The number of rotatable bonds is 5. The van der Waals surface area contributed by atoms with Gasteiger partial charge in [0, 0.05) is 54.4 Å². The minimum absolute atomic E-state index is 0.309. The number of fused-ring (bicyclic) bond motifs is 1. The molecule has 158 valence electrons. The summed E-state index contributed by atoms with van der Waals surface area (Å²) in [6, 6.07) is 19.4. The summed E-state index contributed by atoms with van der Waals surface area (Å²) in [5, 5.41) is 1.73. The molecule has 0 unspecified atom stereocenters. The van der Waals surface area contributed by atoms with Gasteiger partial charge in [0.05, 0.1) is 4.90 Å². The van der Waals surface area contributed by atoms with E-state index in [0.717, 1.165) is 48.2 Å². The fourth-order valence-corrected chi connectivity index (χ4v) is 5.35. The van der Waals surface area contributed by atoms with Crippen LogP contribution in [0.2, 0.25) is 0 Å². The van der Waals surface area contributed by atoms with Gasteiger partial charge >= 0.3 is 0 Å². The van der Waals surface area contributed by atoms with Crippen molar-refractivity contribution in [2.24, 2.45) is 0 Å². The largest absolute Gasteiger partial charge is 0.368 e. The van der Waals surface area contributed by atoms with E-state index in [0.29, 0.717) is 16.6 Å². The van der Waals surface area contributed by atoms with Gasteiger partial charge in [-0.05, 0) is 45.0 Å². The normalized spacial score (nSPS) is 15.7. The predicted octanol–water partition coefficient (Wildman–Crippen LogP) is 4.48. The molecule has 0 aliphatic carbocycles. The molecule has 1 heterocycles. The smallest absolute Gasteiger partial charge is 0.262 e. The lowest BCUT2D eigenvalue weighted by molar-refractivity contribution is 0.209. The molecule has 3 aromatic rings. The second kappa shape index (κ2) is 8.28. The van der Waals surface area contributed by atoms with E-state index in [1.807, 2.05) is 49.4 Å². The zero-order chi connectivity index (χ0) is 21.3. The molecule has 30 heavy (non-hydrogen) atoms. The number of sulfonamides is 1. The molecular formula is C24H29N3O2S. The number of hydrogen-bond acceptors (Lipinski definition) is 4. The highest BCUT2D eigenvalue weighted by Crippen LogP contribution is 2.33. The fraction of sp³-hybridized carbons (Fsp3) is 0.333. The summed E-state index contributed by atoms with van der Waals surface area (Å²) in [4.78, 5) is 5.15. The summed E-state index contributed by atoms with van der Waals surface area (Å²) in [6.45, 7) is 10.3. The highest BCUT2D eigenvalue weighted by Gasteiger charge is 2.23. The molecule has 1 N–H and O–H groups in total. The number of nitrogens with one attached hydrogen (secondary N) is 1. The van der Waals surface area contributed by atoms with Crippen molar-refractivity contribution in [2.75, 3.05) is 35.8 Å². The molecule has 5 nitrogen and oxygen atoms in total. The highest BCUT2D eigenvalue weighted by molar-refractivity contribution is 7.93. The van der Waals surface area contributed by atoms with Crippen molar-refractivity contribution < 1.29 is 8.42 Å². The molecule has 4 rings (SSSR count). The van der Waals surface area contributed by atoms with E-state index < -0.39 is 10.0 Å². The van der Waals surface area contributed by atoms with Gasteiger partial charge in [0.25, 0.3) is 10.0 Å². The first-order valence-electron chi connectivity index (χ1n) is 10.5. The quantitative estimate of drug-likeness (QED) is 0.657. The van der Waals surface area contributed by atoms with Crippen LogP contribution in [0, 0.1) is 6.92 Å². The number of nitrogens with zero attached hydrogens (tertiary/aromatic N) is 2. The van der Waals surface area contributed by atoms with E-state index in [-0.39, 0.29) is 0 Å². The minimum Gasteiger partial charge on any atom is -0.368 e. The molecule has 0 radical (unpaired) electrons. The number of benzene rings is 3. The number of hydrogen-bond donors (Lipinski definition) is 1. The Labute approximate surface area is 179 Å². The van der Waals surface area contributed by atoms with Crippen LogP contribution in [-0.2, 0) is 10.0 Å². The molecule has 1 fully saturated rings. The maximum atomic E-state index is 13.2. The van der Waals surface area contributed by atoms with Gasteiger partial charge in [-0.15, -0.1) is 0 Å². The molecule has 3 aromatic carbocycles. The van der Waals surface area contributed by atoms with Crippen molar-refractivity contribution in [1.82, 2.24) is 4.90 Å². The molecule has 1 aliphatic rings. The molecule has 6 heteroatoms. The summed E-state index contributed by atoms with van der Waals surface area (Å²) < 4.78 is 29.1. The zero-order valence-electron chi connectivity index (χ0n) is 17.8. The van der Waals surface area contributed by atoms with Gasteiger partial charge < -0.3 is 4.90 Å². The van der Waals surface area contributed by atoms with Crippen LogP contribution in [0.4, 0.5) is 11.4 Å². The molecule has 0 amide bonds. The number of anilines is 2. The van der Waals surface area contributed by atoms with Crippen LogP contribution in [0.25, 0.3) is 10.8 Å². The first-order valence-corrected chi connectivity index (χ1v) is 11.9. The summed E-state index contributed by atoms with van der Waals surface area (Å²) in [5.41, 5.74) is 2.76. The third kappa shape index (κ3) is 4.16. The Morgan fingerprint density at radius 3 is 2.10 bits per heavy atom. The molecule has 0 bridgehead atoms. The Morgan fingerprint density at radius 1 is 0.833 bits per heavy atom. The Balaban J connectivity index is 1.68. The summed E-state index contributed by atoms with van der Waals surface area (Å²) in [6.07, 6.45) is 0. The Kier molecular flexibility index (Phi) is 5.71. The van der Waals surface area contributed by atoms with Crippen molar-refractivity contribution >= 4 is 32.2 Å². The Morgan fingerprint density at radius 2 is 1.47 bits per heavy atom. The Hall–Kier alpha value is -2.57. The molecule has 0 spiro atoms. The van der Waals surface area contributed by atoms with Crippen molar-refractivity contribution in [3.05, 3.63) is 66.2 Å². The SMILES string of the molecule is Cc1ccc(NS(=O)(=O)c2ccc(N3CCN(C(C)C)CC3)c3ccccc23)cc1. The van der Waals surface area contributed by atoms with Gasteiger partial charge in [-0.3, -0.25) is 9.62 Å². The third-order valence-electron chi connectivity index (χ3n) is 5.84. The van der Waals surface area contributed by atoms with E-state index in [4.69, 9.17) is 0 Å². The molecule has 0 atom stereocenters. The van der Waals surface area contributed by atoms with Crippen molar-refractivity contribution in [2.45, 2.75) is 31.7 Å². The maximum Gasteiger partial charge on any atom is 0.262 e. The van der Waals surface area contributed by atoms with Crippen LogP contribution >= 0.6 is 0 Å². The van der Waals surface area contributed by atoms with Gasteiger partial charge in [0.1, 0.15) is 0 Å².